The maximum absolute atomic E-state index is 4.58. The maximum Gasteiger partial charge on any atom is 0.0902 e. The first-order valence-electron chi connectivity index (χ1n) is 8.90. The predicted molar refractivity (Wildman–Crippen MR) is 107 cm³/mol. The van der Waals surface area contributed by atoms with Crippen molar-refractivity contribution in [1.82, 2.24) is 0 Å². The van der Waals surface area contributed by atoms with Crippen molar-refractivity contribution in [3.8, 4) is 0 Å². The number of fused-ring (bicyclic) bond motifs is 5. The molecule has 0 spiro atoms. The smallest absolute Gasteiger partial charge is 0.0902 e. The Morgan fingerprint density at radius 3 is 2.16 bits per heavy atom. The number of furan rings is 1. The first-order valence-corrected chi connectivity index (χ1v) is 8.90. The number of rotatable bonds is 0. The summed E-state index contributed by atoms with van der Waals surface area (Å²) in [4.78, 5) is 0. The van der Waals surface area contributed by atoms with Crippen LogP contribution in [0.2, 0.25) is 0 Å². The Morgan fingerprint density at radius 1 is 0.680 bits per heavy atom. The maximum atomic E-state index is 4.58. The fraction of sp³-hybridized carbons (Fsp3) is 0.217. The normalized spacial score (nSPS) is 12.6. The van der Waals surface area contributed by atoms with Gasteiger partial charge in [0.2, 0.25) is 0 Å². The van der Waals surface area contributed by atoms with Gasteiger partial charge in [0, 0.05) is 0 Å². The van der Waals surface area contributed by atoms with Crippen LogP contribution in [0.5, 0.6) is 0 Å². The molecule has 2 nitrogen and oxygen atoms in total. The average Bonchev–Trinajstić information content (AvgIpc) is 3.29. The first-order chi connectivity index (χ1) is 12.4. The lowest BCUT2D eigenvalue weighted by Crippen LogP contribution is -2.02. The van der Waals surface area contributed by atoms with Crippen LogP contribution in [0, 0.1) is 0 Å². The van der Waals surface area contributed by atoms with Gasteiger partial charge in [0.15, 0.2) is 0 Å². The molecule has 3 aromatic carbocycles. The largest absolute Gasteiger partial charge is 0.473 e. The van der Waals surface area contributed by atoms with E-state index in [1.165, 1.54) is 54.3 Å². The van der Waals surface area contributed by atoms with Gasteiger partial charge in [-0.25, -0.2) is 0 Å². The van der Waals surface area contributed by atoms with Crippen molar-refractivity contribution >= 4 is 21.5 Å². The van der Waals surface area contributed by atoms with E-state index in [1.54, 1.807) is 23.7 Å². The van der Waals surface area contributed by atoms with Gasteiger partial charge in [0.25, 0.3) is 0 Å². The number of hydrogen-bond donors (Lipinski definition) is 1. The molecule has 1 heterocycles. The van der Waals surface area contributed by atoms with Crippen molar-refractivity contribution in [1.29, 1.82) is 0 Å². The quantitative estimate of drug-likeness (QED) is 0.418. The van der Waals surface area contributed by atoms with Crippen LogP contribution in [0.3, 0.4) is 0 Å². The molecule has 0 aliphatic heterocycles. The lowest BCUT2D eigenvalue weighted by Gasteiger charge is -2.18. The van der Waals surface area contributed by atoms with E-state index in [1.807, 2.05) is 12.1 Å². The minimum absolute atomic E-state index is 1.25. The Hall–Kier alpha value is -2.58. The molecule has 4 aromatic rings. The molecule has 0 radical (unpaired) electrons. The van der Waals surface area contributed by atoms with Gasteiger partial charge in [0.1, 0.15) is 0 Å². The van der Waals surface area contributed by atoms with Crippen molar-refractivity contribution in [2.45, 2.75) is 25.7 Å². The molecule has 1 aliphatic carbocycles. The highest BCUT2D eigenvalue weighted by molar-refractivity contribution is 6.08. The summed E-state index contributed by atoms with van der Waals surface area (Å²) in [6.45, 7) is 0. The zero-order chi connectivity index (χ0) is 17.5. The summed E-state index contributed by atoms with van der Waals surface area (Å²) in [6.07, 6.45) is 8.47. The van der Waals surface area contributed by atoms with Gasteiger partial charge in [-0.05, 0) is 77.5 Å². The second-order valence-corrected chi connectivity index (χ2v) is 6.09. The number of hydrogen-bond acceptors (Lipinski definition) is 2. The molecule has 0 bridgehead atoms. The van der Waals surface area contributed by atoms with Crippen LogP contribution < -0.4 is 5.73 Å². The molecule has 2 N–H and O–H groups in total. The van der Waals surface area contributed by atoms with Gasteiger partial charge in [-0.3, -0.25) is 0 Å². The molecule has 1 aromatic heterocycles. The molecule has 2 heteroatoms. The molecular formula is C23H25NO. The summed E-state index contributed by atoms with van der Waals surface area (Å²) < 4.78 is 4.58. The van der Waals surface area contributed by atoms with Gasteiger partial charge in [-0.1, -0.05) is 48.5 Å². The second kappa shape index (κ2) is 8.50. The van der Waals surface area contributed by atoms with Crippen molar-refractivity contribution in [2.24, 2.45) is 5.73 Å². The molecular weight excluding hydrogens is 306 g/mol. The van der Waals surface area contributed by atoms with Crippen LogP contribution in [-0.4, -0.2) is 7.05 Å². The van der Waals surface area contributed by atoms with Gasteiger partial charge in [-0.2, -0.15) is 0 Å². The fourth-order valence-corrected chi connectivity index (χ4v) is 3.57. The van der Waals surface area contributed by atoms with Crippen molar-refractivity contribution in [3.05, 3.63) is 84.3 Å². The number of nitrogens with two attached hydrogens (primary N) is 1. The van der Waals surface area contributed by atoms with Gasteiger partial charge in [0.05, 0.1) is 12.5 Å². The highest BCUT2D eigenvalue weighted by atomic mass is 16.3. The van der Waals surface area contributed by atoms with Crippen LogP contribution in [0.25, 0.3) is 21.5 Å². The molecule has 0 fully saturated rings. The molecule has 128 valence electrons. The molecule has 0 saturated carbocycles. The standard InChI is InChI=1S/C18H16.C4H4O.CH5N/c1-3-7-15-13(5-1)9-11-18-16-8-4-2-6-14(16)10-12-17(15)18;1-2-4-5-3-1;1-2/h1,3,5,7,9-12H,2,4,6,8H2;1-4H;2H2,1H3. The summed E-state index contributed by atoms with van der Waals surface area (Å²) in [5.41, 5.74) is 7.67. The third-order valence-corrected chi connectivity index (χ3v) is 4.68. The molecule has 25 heavy (non-hydrogen) atoms. The molecule has 0 amide bonds. The Morgan fingerprint density at radius 2 is 1.40 bits per heavy atom. The molecule has 0 unspecified atom stereocenters. The van der Waals surface area contributed by atoms with E-state index >= 15 is 0 Å². The monoisotopic (exact) mass is 331 g/mol. The highest BCUT2D eigenvalue weighted by Gasteiger charge is 2.13. The van der Waals surface area contributed by atoms with E-state index in [-0.39, 0.29) is 0 Å². The summed E-state index contributed by atoms with van der Waals surface area (Å²) >= 11 is 0. The van der Waals surface area contributed by atoms with Crippen LogP contribution >= 0.6 is 0 Å². The highest BCUT2D eigenvalue weighted by Crippen LogP contribution is 2.33. The molecule has 5 rings (SSSR count). The Balaban J connectivity index is 0.000000222. The Labute approximate surface area is 149 Å². The zero-order valence-corrected chi connectivity index (χ0v) is 14.7. The van der Waals surface area contributed by atoms with E-state index in [2.05, 4.69) is 58.7 Å². The lowest BCUT2D eigenvalue weighted by molar-refractivity contribution is 0.567. The zero-order valence-electron chi connectivity index (χ0n) is 14.7. The van der Waals surface area contributed by atoms with Gasteiger partial charge >= 0.3 is 0 Å². The van der Waals surface area contributed by atoms with Crippen LogP contribution in [0.1, 0.15) is 24.0 Å². The van der Waals surface area contributed by atoms with Crippen LogP contribution in [0.4, 0.5) is 0 Å². The third-order valence-electron chi connectivity index (χ3n) is 4.68. The Bertz CT molecular complexity index is 908. The fourth-order valence-electron chi connectivity index (χ4n) is 3.57. The summed E-state index contributed by atoms with van der Waals surface area (Å²) in [5.74, 6) is 0. The lowest BCUT2D eigenvalue weighted by atomic mass is 9.86. The summed E-state index contributed by atoms with van der Waals surface area (Å²) in [5, 5.41) is 5.64. The topological polar surface area (TPSA) is 39.2 Å². The minimum atomic E-state index is 1.25. The van der Waals surface area contributed by atoms with Crippen LogP contribution in [0.15, 0.2) is 77.6 Å². The van der Waals surface area contributed by atoms with E-state index in [9.17, 15) is 0 Å². The van der Waals surface area contributed by atoms with Gasteiger partial charge < -0.3 is 10.2 Å². The van der Waals surface area contributed by atoms with E-state index in [0.29, 0.717) is 0 Å². The number of benzene rings is 3. The number of aryl methyl sites for hydroxylation is 2. The van der Waals surface area contributed by atoms with E-state index < -0.39 is 0 Å². The second-order valence-electron chi connectivity index (χ2n) is 6.09. The Kier molecular flexibility index (Phi) is 5.86. The van der Waals surface area contributed by atoms with Crippen molar-refractivity contribution in [3.63, 3.8) is 0 Å². The van der Waals surface area contributed by atoms with E-state index in [4.69, 9.17) is 0 Å². The third kappa shape index (κ3) is 3.75. The van der Waals surface area contributed by atoms with E-state index in [0.717, 1.165) is 0 Å². The van der Waals surface area contributed by atoms with Gasteiger partial charge in [-0.15, -0.1) is 0 Å². The minimum Gasteiger partial charge on any atom is -0.473 e. The molecule has 0 saturated heterocycles. The average molecular weight is 331 g/mol. The SMILES string of the molecule is CN.c1ccc2c(c1)ccc1c3c(ccc12)CCCC3.c1ccoc1. The van der Waals surface area contributed by atoms with Crippen molar-refractivity contribution < 1.29 is 4.42 Å². The summed E-state index contributed by atoms with van der Waals surface area (Å²) in [7, 11) is 1.50. The summed E-state index contributed by atoms with van der Waals surface area (Å²) in [6, 6.07) is 21.6. The molecule has 0 atom stereocenters. The molecule has 1 aliphatic rings. The van der Waals surface area contributed by atoms with Crippen LogP contribution in [-0.2, 0) is 12.8 Å². The predicted octanol–water partition coefficient (Wildman–Crippen LogP) is 5.73. The van der Waals surface area contributed by atoms with Crippen molar-refractivity contribution in [2.75, 3.05) is 7.05 Å². The first kappa shape index (κ1) is 17.2.